The monoisotopic (exact) mass is 299 g/mol. The number of hydrogen-bond acceptors (Lipinski definition) is 4. The molecule has 0 fully saturated rings. The molecule has 2 N–H and O–H groups in total. The van der Waals surface area contributed by atoms with E-state index in [4.69, 9.17) is 4.42 Å². The first-order valence-electron chi connectivity index (χ1n) is 6.89. The molecule has 0 atom stereocenters. The Kier molecular flexibility index (Phi) is 5.08. The Morgan fingerprint density at radius 3 is 2.64 bits per heavy atom. The summed E-state index contributed by atoms with van der Waals surface area (Å²) in [6.07, 6.45) is 2.09. The maximum Gasteiger partial charge on any atom is 0.329 e. The topological polar surface area (TPSA) is 83.7 Å². The molecule has 0 aliphatic carbocycles. The van der Waals surface area contributed by atoms with E-state index in [-0.39, 0.29) is 0 Å². The Balaban J connectivity index is 1.92. The fourth-order valence-electron chi connectivity index (χ4n) is 1.86. The van der Waals surface area contributed by atoms with Gasteiger partial charge in [-0.2, -0.15) is 5.10 Å². The van der Waals surface area contributed by atoms with Crippen molar-refractivity contribution in [3.63, 3.8) is 0 Å². The fraction of sp³-hybridized carbons (Fsp3) is 0.188. The quantitative estimate of drug-likeness (QED) is 0.516. The summed E-state index contributed by atoms with van der Waals surface area (Å²) in [5.41, 5.74) is 3.73. The minimum atomic E-state index is -0.842. The predicted octanol–water partition coefficient (Wildman–Crippen LogP) is 2.24. The molecule has 2 rings (SSSR count). The molecule has 22 heavy (non-hydrogen) atoms. The molecule has 2 amide bonds. The van der Waals surface area contributed by atoms with Crippen molar-refractivity contribution >= 4 is 23.7 Å². The summed E-state index contributed by atoms with van der Waals surface area (Å²) in [5.74, 6) is -0.379. The van der Waals surface area contributed by atoms with Crippen molar-refractivity contribution in [3.05, 3.63) is 53.5 Å². The van der Waals surface area contributed by atoms with E-state index < -0.39 is 11.8 Å². The van der Waals surface area contributed by atoms with Gasteiger partial charge in [0.05, 0.1) is 6.21 Å². The number of rotatable bonds is 4. The van der Waals surface area contributed by atoms with Crippen molar-refractivity contribution in [1.82, 2.24) is 5.43 Å². The molecule has 1 heterocycles. The number of hydrazone groups is 1. The Morgan fingerprint density at radius 2 is 1.95 bits per heavy atom. The zero-order valence-corrected chi connectivity index (χ0v) is 12.4. The minimum Gasteiger partial charge on any atom is -0.460 e. The number of benzene rings is 1. The third-order valence-corrected chi connectivity index (χ3v) is 2.97. The fourth-order valence-corrected chi connectivity index (χ4v) is 1.86. The van der Waals surface area contributed by atoms with Crippen molar-refractivity contribution in [1.29, 1.82) is 0 Å². The second-order valence-electron chi connectivity index (χ2n) is 4.61. The number of nitrogens with zero attached hydrogens (tertiary/aromatic N) is 1. The van der Waals surface area contributed by atoms with Gasteiger partial charge in [0.15, 0.2) is 0 Å². The van der Waals surface area contributed by atoms with Crippen LogP contribution in [0.5, 0.6) is 0 Å². The lowest BCUT2D eigenvalue weighted by Gasteiger charge is -2.08. The van der Waals surface area contributed by atoms with Gasteiger partial charge in [-0.15, -0.1) is 0 Å². The number of furan rings is 1. The average Bonchev–Trinajstić information content (AvgIpc) is 2.93. The summed E-state index contributed by atoms with van der Waals surface area (Å²) in [4.78, 5) is 23.5. The highest BCUT2D eigenvalue weighted by Gasteiger charge is 2.14. The van der Waals surface area contributed by atoms with Gasteiger partial charge in [0.25, 0.3) is 0 Å². The normalized spacial score (nSPS) is 10.6. The van der Waals surface area contributed by atoms with Crippen LogP contribution >= 0.6 is 0 Å². The van der Waals surface area contributed by atoms with Crippen LogP contribution in [0.25, 0.3) is 0 Å². The maximum absolute atomic E-state index is 11.8. The summed E-state index contributed by atoms with van der Waals surface area (Å²) in [6, 6.07) is 10.8. The van der Waals surface area contributed by atoms with Crippen LogP contribution in [0.1, 0.15) is 24.0 Å². The first-order valence-corrected chi connectivity index (χ1v) is 6.89. The second kappa shape index (κ2) is 7.21. The van der Waals surface area contributed by atoms with Gasteiger partial charge in [0, 0.05) is 5.69 Å². The number of nitrogens with one attached hydrogen (secondary N) is 2. The van der Waals surface area contributed by atoms with Crippen LogP contribution < -0.4 is 10.7 Å². The molecule has 0 radical (unpaired) electrons. The third kappa shape index (κ3) is 4.05. The minimum absolute atomic E-state index is 0.495. The van der Waals surface area contributed by atoms with E-state index in [1.807, 2.05) is 19.1 Å². The molecule has 0 saturated heterocycles. The average molecular weight is 299 g/mol. The molecule has 0 spiro atoms. The molecule has 6 heteroatoms. The third-order valence-electron chi connectivity index (χ3n) is 2.97. The Bertz CT molecular complexity index is 704. The molecule has 0 aliphatic rings. The van der Waals surface area contributed by atoms with E-state index in [1.54, 1.807) is 31.2 Å². The maximum atomic E-state index is 11.8. The van der Waals surface area contributed by atoms with Crippen LogP contribution in [0.15, 0.2) is 45.9 Å². The number of carbonyl (C=O) groups excluding carboxylic acids is 2. The van der Waals surface area contributed by atoms with Crippen LogP contribution in [0.2, 0.25) is 0 Å². The van der Waals surface area contributed by atoms with Crippen molar-refractivity contribution in [2.45, 2.75) is 20.3 Å². The molecular formula is C16H17N3O3. The van der Waals surface area contributed by atoms with E-state index in [0.717, 1.165) is 17.7 Å². The molecule has 0 unspecified atom stereocenters. The van der Waals surface area contributed by atoms with E-state index >= 15 is 0 Å². The molecule has 114 valence electrons. The van der Waals surface area contributed by atoms with Gasteiger partial charge in [-0.05, 0) is 37.1 Å². The SMILES string of the molecule is CCc1ccccc1NC(=O)C(=O)NN=Cc1ccc(C)o1. The van der Waals surface area contributed by atoms with Gasteiger partial charge in [0.2, 0.25) is 0 Å². The summed E-state index contributed by atoms with van der Waals surface area (Å²) in [7, 11) is 0. The summed E-state index contributed by atoms with van der Waals surface area (Å²) < 4.78 is 5.25. The van der Waals surface area contributed by atoms with Crippen LogP contribution in [0.4, 0.5) is 5.69 Å². The van der Waals surface area contributed by atoms with Gasteiger partial charge in [-0.1, -0.05) is 25.1 Å². The van der Waals surface area contributed by atoms with E-state index in [2.05, 4.69) is 15.8 Å². The number of aryl methyl sites for hydroxylation is 2. The van der Waals surface area contributed by atoms with Crippen molar-refractivity contribution in [3.8, 4) is 0 Å². The van der Waals surface area contributed by atoms with Crippen molar-refractivity contribution < 1.29 is 14.0 Å². The summed E-state index contributed by atoms with van der Waals surface area (Å²) in [5, 5.41) is 6.25. The Labute approximate surface area is 128 Å². The van der Waals surface area contributed by atoms with E-state index in [9.17, 15) is 9.59 Å². The molecule has 2 aromatic rings. The van der Waals surface area contributed by atoms with Crippen LogP contribution in [0, 0.1) is 6.92 Å². The molecular weight excluding hydrogens is 282 g/mol. The molecule has 6 nitrogen and oxygen atoms in total. The van der Waals surface area contributed by atoms with Crippen LogP contribution in [-0.4, -0.2) is 18.0 Å². The highest BCUT2D eigenvalue weighted by atomic mass is 16.3. The largest absolute Gasteiger partial charge is 0.460 e. The van der Waals surface area contributed by atoms with Gasteiger partial charge >= 0.3 is 11.8 Å². The smallest absolute Gasteiger partial charge is 0.329 e. The predicted molar refractivity (Wildman–Crippen MR) is 83.6 cm³/mol. The van der Waals surface area contributed by atoms with E-state index in [1.165, 1.54) is 6.21 Å². The van der Waals surface area contributed by atoms with Gasteiger partial charge in [-0.3, -0.25) is 9.59 Å². The highest BCUT2D eigenvalue weighted by Crippen LogP contribution is 2.15. The van der Waals surface area contributed by atoms with Gasteiger partial charge in [0.1, 0.15) is 11.5 Å². The number of anilines is 1. The standard InChI is InChI=1S/C16H17N3O3/c1-3-12-6-4-5-7-14(12)18-15(20)16(21)19-17-10-13-9-8-11(2)22-13/h4-10H,3H2,1-2H3,(H,18,20)(H,19,21). The van der Waals surface area contributed by atoms with Crippen molar-refractivity contribution in [2.75, 3.05) is 5.32 Å². The molecule has 0 aliphatic heterocycles. The Hall–Kier alpha value is -2.89. The lowest BCUT2D eigenvalue weighted by Crippen LogP contribution is -2.32. The van der Waals surface area contributed by atoms with Crippen LogP contribution in [-0.2, 0) is 16.0 Å². The lowest BCUT2D eigenvalue weighted by atomic mass is 10.1. The molecule has 1 aromatic carbocycles. The first kappa shape index (κ1) is 15.5. The summed E-state index contributed by atoms with van der Waals surface area (Å²) in [6.45, 7) is 3.77. The van der Waals surface area contributed by atoms with E-state index in [0.29, 0.717) is 11.4 Å². The number of para-hydroxylation sites is 1. The zero-order valence-electron chi connectivity index (χ0n) is 12.4. The summed E-state index contributed by atoms with van der Waals surface area (Å²) >= 11 is 0. The first-order chi connectivity index (χ1) is 10.6. The van der Waals surface area contributed by atoms with Crippen LogP contribution in [0.3, 0.4) is 0 Å². The van der Waals surface area contributed by atoms with Gasteiger partial charge in [-0.25, -0.2) is 5.43 Å². The number of hydrogen-bond donors (Lipinski definition) is 2. The molecule has 0 saturated carbocycles. The van der Waals surface area contributed by atoms with Crippen molar-refractivity contribution in [2.24, 2.45) is 5.10 Å². The lowest BCUT2D eigenvalue weighted by molar-refractivity contribution is -0.136. The molecule has 0 bridgehead atoms. The highest BCUT2D eigenvalue weighted by molar-refractivity contribution is 6.39. The van der Waals surface area contributed by atoms with Gasteiger partial charge < -0.3 is 9.73 Å². The zero-order chi connectivity index (χ0) is 15.9. The molecule has 1 aromatic heterocycles. The second-order valence-corrected chi connectivity index (χ2v) is 4.61. The number of carbonyl (C=O) groups is 2. The number of amides is 2. The Morgan fingerprint density at radius 1 is 1.18 bits per heavy atom.